The monoisotopic (exact) mass is 240 g/mol. The SMILES string of the molecule is CCc1nn(C)cc1C(O)C(CC)C(=O)OC. The van der Waals surface area contributed by atoms with Gasteiger partial charge in [0.1, 0.15) is 0 Å². The summed E-state index contributed by atoms with van der Waals surface area (Å²) in [4.78, 5) is 11.6. The number of aliphatic hydroxyl groups excluding tert-OH is 1. The zero-order valence-electron chi connectivity index (χ0n) is 10.8. The van der Waals surface area contributed by atoms with Gasteiger partial charge in [0.25, 0.3) is 0 Å². The first-order chi connectivity index (χ1) is 8.04. The molecule has 0 aliphatic heterocycles. The molecule has 2 unspecified atom stereocenters. The zero-order chi connectivity index (χ0) is 13.0. The summed E-state index contributed by atoms with van der Waals surface area (Å²) < 4.78 is 6.35. The maximum absolute atomic E-state index is 11.6. The van der Waals surface area contributed by atoms with Gasteiger partial charge in [0.15, 0.2) is 0 Å². The molecule has 96 valence electrons. The van der Waals surface area contributed by atoms with Crippen LogP contribution in [-0.4, -0.2) is 28.0 Å². The van der Waals surface area contributed by atoms with Gasteiger partial charge in [-0.15, -0.1) is 0 Å². The van der Waals surface area contributed by atoms with E-state index in [2.05, 4.69) is 5.10 Å². The minimum atomic E-state index is -0.851. The van der Waals surface area contributed by atoms with Crippen molar-refractivity contribution < 1.29 is 14.6 Å². The number of ether oxygens (including phenoxy) is 1. The van der Waals surface area contributed by atoms with Gasteiger partial charge in [-0.05, 0) is 12.8 Å². The third-order valence-corrected chi connectivity index (χ3v) is 2.92. The van der Waals surface area contributed by atoms with E-state index in [4.69, 9.17) is 4.74 Å². The number of esters is 1. The van der Waals surface area contributed by atoms with Gasteiger partial charge in [0.2, 0.25) is 0 Å². The van der Waals surface area contributed by atoms with E-state index < -0.39 is 12.0 Å². The Morgan fingerprint density at radius 1 is 1.59 bits per heavy atom. The molecule has 0 spiro atoms. The average molecular weight is 240 g/mol. The fourth-order valence-electron chi connectivity index (χ4n) is 1.96. The van der Waals surface area contributed by atoms with E-state index in [0.717, 1.165) is 12.1 Å². The van der Waals surface area contributed by atoms with Crippen LogP contribution in [-0.2, 0) is 23.0 Å². The maximum atomic E-state index is 11.6. The summed E-state index contributed by atoms with van der Waals surface area (Å²) in [6.45, 7) is 3.82. The number of aromatic nitrogens is 2. The highest BCUT2D eigenvalue weighted by Gasteiger charge is 2.29. The molecule has 0 fully saturated rings. The van der Waals surface area contributed by atoms with Crippen molar-refractivity contribution in [3.63, 3.8) is 0 Å². The van der Waals surface area contributed by atoms with E-state index in [-0.39, 0.29) is 5.97 Å². The summed E-state index contributed by atoms with van der Waals surface area (Å²) in [6, 6.07) is 0. The molecule has 0 aromatic carbocycles. The molecular formula is C12H20N2O3. The second kappa shape index (κ2) is 5.82. The van der Waals surface area contributed by atoms with Crippen LogP contribution in [0.1, 0.15) is 37.6 Å². The second-order valence-corrected chi connectivity index (χ2v) is 4.04. The average Bonchev–Trinajstić information content (AvgIpc) is 2.70. The van der Waals surface area contributed by atoms with E-state index >= 15 is 0 Å². The number of aryl methyl sites for hydroxylation is 2. The number of hydrogen-bond acceptors (Lipinski definition) is 4. The highest BCUT2D eigenvalue weighted by atomic mass is 16.5. The van der Waals surface area contributed by atoms with E-state index in [1.54, 1.807) is 17.9 Å². The Morgan fingerprint density at radius 2 is 2.24 bits per heavy atom. The number of carbonyl (C=O) groups is 1. The summed E-state index contributed by atoms with van der Waals surface area (Å²) in [6.07, 6.45) is 2.17. The van der Waals surface area contributed by atoms with Crippen molar-refractivity contribution in [3.05, 3.63) is 17.5 Å². The van der Waals surface area contributed by atoms with Crippen molar-refractivity contribution in [2.24, 2.45) is 13.0 Å². The lowest BCUT2D eigenvalue weighted by molar-refractivity contribution is -0.149. The Balaban J connectivity index is 3.00. The van der Waals surface area contributed by atoms with E-state index in [1.807, 2.05) is 13.8 Å². The lowest BCUT2D eigenvalue weighted by Gasteiger charge is -2.19. The molecule has 0 radical (unpaired) electrons. The molecule has 1 aromatic heterocycles. The molecule has 0 aliphatic carbocycles. The topological polar surface area (TPSA) is 64.3 Å². The van der Waals surface area contributed by atoms with Gasteiger partial charge in [-0.3, -0.25) is 9.48 Å². The second-order valence-electron chi connectivity index (χ2n) is 4.04. The van der Waals surface area contributed by atoms with Gasteiger partial charge in [0, 0.05) is 18.8 Å². The Kier molecular flexibility index (Phi) is 4.69. The predicted molar refractivity (Wildman–Crippen MR) is 63.3 cm³/mol. The summed E-state index contributed by atoms with van der Waals surface area (Å²) in [7, 11) is 3.14. The number of rotatable bonds is 5. The van der Waals surface area contributed by atoms with Crippen LogP contribution < -0.4 is 0 Å². The Morgan fingerprint density at radius 3 is 2.71 bits per heavy atom. The quantitative estimate of drug-likeness (QED) is 0.786. The van der Waals surface area contributed by atoms with Gasteiger partial charge in [-0.25, -0.2) is 0 Å². The zero-order valence-corrected chi connectivity index (χ0v) is 10.8. The molecule has 5 heteroatoms. The minimum Gasteiger partial charge on any atom is -0.469 e. The summed E-state index contributed by atoms with van der Waals surface area (Å²) in [5.74, 6) is -0.916. The van der Waals surface area contributed by atoms with Crippen molar-refractivity contribution in [1.82, 2.24) is 9.78 Å². The fraction of sp³-hybridized carbons (Fsp3) is 0.667. The van der Waals surface area contributed by atoms with Crippen molar-refractivity contribution in [1.29, 1.82) is 0 Å². The van der Waals surface area contributed by atoms with Crippen LogP contribution in [0.3, 0.4) is 0 Å². The molecule has 1 heterocycles. The molecule has 2 atom stereocenters. The Hall–Kier alpha value is -1.36. The number of hydrogen-bond donors (Lipinski definition) is 1. The van der Waals surface area contributed by atoms with Crippen LogP contribution in [0.25, 0.3) is 0 Å². The normalized spacial score (nSPS) is 14.4. The summed E-state index contributed by atoms with van der Waals surface area (Å²) >= 11 is 0. The highest BCUT2D eigenvalue weighted by molar-refractivity contribution is 5.73. The first-order valence-electron chi connectivity index (χ1n) is 5.83. The highest BCUT2D eigenvalue weighted by Crippen LogP contribution is 2.27. The Bertz CT molecular complexity index is 387. The lowest BCUT2D eigenvalue weighted by Crippen LogP contribution is -2.23. The van der Waals surface area contributed by atoms with Crippen LogP contribution in [0.4, 0.5) is 0 Å². The molecule has 0 aliphatic rings. The predicted octanol–water partition coefficient (Wildman–Crippen LogP) is 1.22. The van der Waals surface area contributed by atoms with Crippen molar-refractivity contribution in [3.8, 4) is 0 Å². The lowest BCUT2D eigenvalue weighted by atomic mass is 9.93. The molecule has 0 saturated carbocycles. The van der Waals surface area contributed by atoms with Crippen LogP contribution in [0, 0.1) is 5.92 Å². The minimum absolute atomic E-state index is 0.383. The van der Waals surface area contributed by atoms with Crippen LogP contribution in [0.15, 0.2) is 6.20 Å². The number of methoxy groups -OCH3 is 1. The van der Waals surface area contributed by atoms with Gasteiger partial charge in [-0.1, -0.05) is 13.8 Å². The molecule has 17 heavy (non-hydrogen) atoms. The molecule has 1 aromatic rings. The van der Waals surface area contributed by atoms with E-state index in [0.29, 0.717) is 12.0 Å². The van der Waals surface area contributed by atoms with Crippen LogP contribution in [0.2, 0.25) is 0 Å². The fourth-order valence-corrected chi connectivity index (χ4v) is 1.96. The number of nitrogens with zero attached hydrogens (tertiary/aromatic N) is 2. The smallest absolute Gasteiger partial charge is 0.311 e. The molecule has 0 bridgehead atoms. The van der Waals surface area contributed by atoms with Crippen molar-refractivity contribution >= 4 is 5.97 Å². The third-order valence-electron chi connectivity index (χ3n) is 2.92. The largest absolute Gasteiger partial charge is 0.469 e. The summed E-state index contributed by atoms with van der Waals surface area (Å²) in [5, 5.41) is 14.5. The van der Waals surface area contributed by atoms with Crippen molar-refractivity contribution in [2.45, 2.75) is 32.8 Å². The van der Waals surface area contributed by atoms with Crippen molar-refractivity contribution in [2.75, 3.05) is 7.11 Å². The Labute approximate surface area is 101 Å². The molecule has 1 rings (SSSR count). The first kappa shape index (κ1) is 13.7. The molecule has 5 nitrogen and oxygen atoms in total. The van der Waals surface area contributed by atoms with Gasteiger partial charge >= 0.3 is 5.97 Å². The number of aliphatic hydroxyl groups is 1. The first-order valence-corrected chi connectivity index (χ1v) is 5.83. The third kappa shape index (κ3) is 2.85. The molecule has 0 saturated heterocycles. The van der Waals surface area contributed by atoms with Crippen LogP contribution >= 0.6 is 0 Å². The van der Waals surface area contributed by atoms with Gasteiger partial charge < -0.3 is 9.84 Å². The van der Waals surface area contributed by atoms with Gasteiger partial charge in [-0.2, -0.15) is 5.10 Å². The molecular weight excluding hydrogens is 220 g/mol. The van der Waals surface area contributed by atoms with Gasteiger partial charge in [0.05, 0.1) is 24.8 Å². The maximum Gasteiger partial charge on any atom is 0.311 e. The van der Waals surface area contributed by atoms with E-state index in [1.165, 1.54) is 7.11 Å². The molecule has 1 N–H and O–H groups in total. The van der Waals surface area contributed by atoms with E-state index in [9.17, 15) is 9.90 Å². The van der Waals surface area contributed by atoms with Crippen LogP contribution in [0.5, 0.6) is 0 Å². The molecule has 0 amide bonds. The number of carbonyl (C=O) groups excluding carboxylic acids is 1. The standard InChI is InChI=1S/C12H20N2O3/c1-5-8(12(16)17-4)11(15)9-7-14(3)13-10(9)6-2/h7-8,11,15H,5-6H2,1-4H3. The summed E-state index contributed by atoms with van der Waals surface area (Å²) in [5.41, 5.74) is 1.54.